The maximum atomic E-state index is 12.9. The molecule has 0 aliphatic rings. The Hall–Kier alpha value is -2.33. The standard InChI is InChI=1S/C17H14F6N2OS/c18-16(19,20)11-6-12(17(21,22)23)8-13(7-11)24-15(27)25-14(9-26)10-4-2-1-3-5-10/h1-8,14,26H,9H2,(H2,24,25,27)/t14-/m1/s1. The molecule has 0 saturated heterocycles. The quantitative estimate of drug-likeness (QED) is 0.505. The Morgan fingerprint density at radius 3 is 1.89 bits per heavy atom. The van der Waals surface area contributed by atoms with E-state index in [9.17, 15) is 31.4 Å². The van der Waals surface area contributed by atoms with Gasteiger partial charge >= 0.3 is 12.4 Å². The normalized spacial score (nSPS) is 13.1. The van der Waals surface area contributed by atoms with Crippen LogP contribution < -0.4 is 10.6 Å². The second-order valence-corrected chi connectivity index (χ2v) is 5.95. The van der Waals surface area contributed by atoms with Gasteiger partial charge in [0.2, 0.25) is 0 Å². The Labute approximate surface area is 156 Å². The van der Waals surface area contributed by atoms with Crippen molar-refractivity contribution in [2.45, 2.75) is 18.4 Å². The van der Waals surface area contributed by atoms with E-state index >= 15 is 0 Å². The largest absolute Gasteiger partial charge is 0.416 e. The average molecular weight is 408 g/mol. The predicted octanol–water partition coefficient (Wildman–Crippen LogP) is 4.74. The minimum atomic E-state index is -4.95. The molecule has 27 heavy (non-hydrogen) atoms. The molecule has 0 heterocycles. The lowest BCUT2D eigenvalue weighted by atomic mass is 10.1. The Bertz CT molecular complexity index is 760. The minimum Gasteiger partial charge on any atom is -0.394 e. The van der Waals surface area contributed by atoms with Gasteiger partial charge in [0, 0.05) is 5.69 Å². The van der Waals surface area contributed by atoms with Crippen molar-refractivity contribution in [2.75, 3.05) is 11.9 Å². The van der Waals surface area contributed by atoms with Crippen molar-refractivity contribution in [1.29, 1.82) is 0 Å². The Morgan fingerprint density at radius 1 is 0.926 bits per heavy atom. The van der Waals surface area contributed by atoms with Crippen LogP contribution in [0.2, 0.25) is 0 Å². The summed E-state index contributed by atoms with van der Waals surface area (Å²) in [4.78, 5) is 0. The maximum Gasteiger partial charge on any atom is 0.416 e. The molecule has 3 N–H and O–H groups in total. The Balaban J connectivity index is 2.24. The van der Waals surface area contributed by atoms with Gasteiger partial charge in [-0.25, -0.2) is 0 Å². The van der Waals surface area contributed by atoms with Gasteiger partial charge in [-0.3, -0.25) is 0 Å². The lowest BCUT2D eigenvalue weighted by Gasteiger charge is -2.20. The van der Waals surface area contributed by atoms with E-state index in [2.05, 4.69) is 10.6 Å². The SMILES string of the molecule is OC[C@@H](NC(=S)Nc1cc(C(F)(F)F)cc(C(F)(F)F)c1)c1ccccc1. The van der Waals surface area contributed by atoms with E-state index in [1.807, 2.05) is 0 Å². The van der Waals surface area contributed by atoms with E-state index in [0.29, 0.717) is 17.7 Å². The number of hydrogen-bond acceptors (Lipinski definition) is 2. The zero-order valence-corrected chi connectivity index (χ0v) is 14.3. The molecule has 10 heteroatoms. The van der Waals surface area contributed by atoms with Gasteiger partial charge in [-0.15, -0.1) is 0 Å². The summed E-state index contributed by atoms with van der Waals surface area (Å²) < 4.78 is 77.3. The molecule has 3 nitrogen and oxygen atoms in total. The van der Waals surface area contributed by atoms with Gasteiger partial charge in [-0.05, 0) is 36.0 Å². The highest BCUT2D eigenvalue weighted by molar-refractivity contribution is 7.80. The fourth-order valence-electron chi connectivity index (χ4n) is 2.27. The minimum absolute atomic E-state index is 0.0299. The van der Waals surface area contributed by atoms with Crippen LogP contribution in [0.4, 0.5) is 32.0 Å². The highest BCUT2D eigenvalue weighted by Gasteiger charge is 2.37. The second kappa shape index (κ2) is 8.13. The van der Waals surface area contributed by atoms with Gasteiger partial charge in [0.15, 0.2) is 5.11 Å². The zero-order chi connectivity index (χ0) is 20.2. The third-order valence-electron chi connectivity index (χ3n) is 3.54. The van der Waals surface area contributed by atoms with Crippen molar-refractivity contribution < 1.29 is 31.4 Å². The molecule has 2 rings (SSSR count). The number of hydrogen-bond donors (Lipinski definition) is 3. The van der Waals surface area contributed by atoms with E-state index in [1.54, 1.807) is 30.3 Å². The molecule has 0 radical (unpaired) electrons. The number of thiocarbonyl (C=S) groups is 1. The van der Waals surface area contributed by atoms with E-state index in [-0.39, 0.29) is 17.8 Å². The van der Waals surface area contributed by atoms with Gasteiger partial charge < -0.3 is 15.7 Å². The summed E-state index contributed by atoms with van der Waals surface area (Å²) >= 11 is 4.96. The molecule has 0 saturated carbocycles. The van der Waals surface area contributed by atoms with Gasteiger partial charge in [0.25, 0.3) is 0 Å². The second-order valence-electron chi connectivity index (χ2n) is 5.54. The van der Waals surface area contributed by atoms with Crippen LogP contribution in [0.25, 0.3) is 0 Å². The molecule has 0 unspecified atom stereocenters. The van der Waals surface area contributed by atoms with Crippen LogP contribution >= 0.6 is 12.2 Å². The van der Waals surface area contributed by atoms with Crippen molar-refractivity contribution in [3.05, 3.63) is 65.2 Å². The molecule has 1 atom stereocenters. The Kier molecular flexibility index (Phi) is 6.32. The topological polar surface area (TPSA) is 44.3 Å². The van der Waals surface area contributed by atoms with Gasteiger partial charge in [-0.2, -0.15) is 26.3 Å². The van der Waals surface area contributed by atoms with Crippen LogP contribution in [0, 0.1) is 0 Å². The number of halogens is 6. The third-order valence-corrected chi connectivity index (χ3v) is 3.76. The van der Waals surface area contributed by atoms with E-state index in [4.69, 9.17) is 12.2 Å². The predicted molar refractivity (Wildman–Crippen MR) is 92.1 cm³/mol. The Morgan fingerprint density at radius 2 is 1.44 bits per heavy atom. The summed E-state index contributed by atoms with van der Waals surface area (Å²) in [5.74, 6) is 0. The van der Waals surface area contributed by atoms with Gasteiger partial charge in [0.05, 0.1) is 23.8 Å². The summed E-state index contributed by atoms with van der Waals surface area (Å²) in [6.45, 7) is -0.387. The highest BCUT2D eigenvalue weighted by Crippen LogP contribution is 2.37. The fourth-order valence-corrected chi connectivity index (χ4v) is 2.53. The smallest absolute Gasteiger partial charge is 0.394 e. The molecule has 2 aromatic rings. The first kappa shape index (κ1) is 21.0. The van der Waals surface area contributed by atoms with E-state index < -0.39 is 35.2 Å². The van der Waals surface area contributed by atoms with Crippen molar-refractivity contribution in [3.63, 3.8) is 0 Å². The molecule has 0 fully saturated rings. The number of alkyl halides is 6. The third kappa shape index (κ3) is 5.83. The van der Waals surface area contributed by atoms with Crippen molar-refractivity contribution in [1.82, 2.24) is 5.32 Å². The fraction of sp³-hybridized carbons (Fsp3) is 0.235. The molecule has 0 amide bonds. The summed E-state index contributed by atoms with van der Waals surface area (Å²) in [6, 6.07) is 8.93. The lowest BCUT2D eigenvalue weighted by Crippen LogP contribution is -2.34. The number of anilines is 1. The number of benzene rings is 2. The van der Waals surface area contributed by atoms with Gasteiger partial charge in [0.1, 0.15) is 0 Å². The summed E-state index contributed by atoms with van der Waals surface area (Å²) in [6.07, 6.45) is -9.91. The van der Waals surface area contributed by atoms with Crippen LogP contribution in [0.15, 0.2) is 48.5 Å². The average Bonchev–Trinajstić information content (AvgIpc) is 2.58. The van der Waals surface area contributed by atoms with Crippen LogP contribution in [0.1, 0.15) is 22.7 Å². The van der Waals surface area contributed by atoms with Crippen LogP contribution in [0.3, 0.4) is 0 Å². The molecule has 0 aromatic heterocycles. The highest BCUT2D eigenvalue weighted by atomic mass is 32.1. The van der Waals surface area contributed by atoms with Crippen LogP contribution in [-0.4, -0.2) is 16.8 Å². The first-order chi connectivity index (χ1) is 12.5. The van der Waals surface area contributed by atoms with E-state index in [1.165, 1.54) is 0 Å². The number of nitrogens with one attached hydrogen (secondary N) is 2. The maximum absolute atomic E-state index is 12.9. The molecule has 0 aliphatic heterocycles. The van der Waals surface area contributed by atoms with Crippen molar-refractivity contribution in [2.24, 2.45) is 0 Å². The summed E-state index contributed by atoms with van der Waals surface area (Å²) in [5, 5.41) is 14.2. The van der Waals surface area contributed by atoms with Crippen molar-refractivity contribution in [3.8, 4) is 0 Å². The first-order valence-electron chi connectivity index (χ1n) is 7.53. The number of rotatable bonds is 4. The molecule has 2 aromatic carbocycles. The lowest BCUT2D eigenvalue weighted by molar-refractivity contribution is -0.143. The molecular weight excluding hydrogens is 394 g/mol. The molecule has 0 spiro atoms. The molecule has 0 bridgehead atoms. The molecule has 146 valence electrons. The van der Waals surface area contributed by atoms with Crippen LogP contribution in [0.5, 0.6) is 0 Å². The summed E-state index contributed by atoms with van der Waals surface area (Å²) in [7, 11) is 0. The molecule has 0 aliphatic carbocycles. The van der Waals surface area contributed by atoms with E-state index in [0.717, 1.165) is 0 Å². The monoisotopic (exact) mass is 408 g/mol. The first-order valence-corrected chi connectivity index (χ1v) is 7.94. The number of aliphatic hydroxyl groups is 1. The van der Waals surface area contributed by atoms with Gasteiger partial charge in [-0.1, -0.05) is 30.3 Å². The van der Waals surface area contributed by atoms with Crippen LogP contribution in [-0.2, 0) is 12.4 Å². The molecular formula is C17H14F6N2OS. The number of aliphatic hydroxyl groups excluding tert-OH is 1. The zero-order valence-electron chi connectivity index (χ0n) is 13.5. The van der Waals surface area contributed by atoms with Crippen molar-refractivity contribution >= 4 is 23.0 Å². The summed E-state index contributed by atoms with van der Waals surface area (Å²) in [5.41, 5.74) is -2.74.